The van der Waals surface area contributed by atoms with Crippen molar-refractivity contribution < 1.29 is 9.36 Å². The predicted octanol–water partition coefficient (Wildman–Crippen LogP) is -0.214. The van der Waals surface area contributed by atoms with Crippen LogP contribution in [0.3, 0.4) is 0 Å². The van der Waals surface area contributed by atoms with Crippen LogP contribution in [0.5, 0.6) is 0 Å². The number of amides is 1. The molecule has 3 nitrogen and oxygen atoms in total. The molecular weight excluding hydrogens is 125 g/mol. The Hall–Kier alpha value is -0.300. The van der Waals surface area contributed by atoms with Gasteiger partial charge in [-0.3, -0.25) is 4.79 Å². The van der Waals surface area contributed by atoms with E-state index in [-0.39, 0.29) is 0 Å². The molecule has 2 atom stereocenters. The Morgan fingerprint density at radius 3 is 2.12 bits per heavy atom. The Kier molecular flexibility index (Phi) is 3.53. The maximum absolute atomic E-state index is 9.70. The van der Waals surface area contributed by atoms with E-state index in [2.05, 4.69) is 0 Å². The van der Waals surface area contributed by atoms with Gasteiger partial charge in [-0.25, -0.2) is 0 Å². The number of hydrogen-bond acceptors (Lipinski definition) is 2. The van der Waals surface area contributed by atoms with Crippen molar-refractivity contribution in [2.45, 2.75) is 13.0 Å². The zero-order valence-corrected chi connectivity index (χ0v) is 6.25. The second kappa shape index (κ2) is 3.67. The third-order valence-electron chi connectivity index (χ3n) is 1.04. The summed E-state index contributed by atoms with van der Waals surface area (Å²) >= 11 is 0. The molecule has 0 aromatic carbocycles. The molecule has 1 fully saturated rings. The molecule has 8 heavy (non-hydrogen) atoms. The molecule has 0 aromatic heterocycles. The maximum atomic E-state index is 9.70. The molecule has 4 heteroatoms. The average molecular weight is 135 g/mol. The minimum absolute atomic E-state index is 0.530. The van der Waals surface area contributed by atoms with Gasteiger partial charge in [0.1, 0.15) is 0 Å². The van der Waals surface area contributed by atoms with E-state index in [1.54, 1.807) is 4.90 Å². The Morgan fingerprint density at radius 1 is 1.75 bits per heavy atom. The van der Waals surface area contributed by atoms with Crippen LogP contribution in [0.1, 0.15) is 6.92 Å². The van der Waals surface area contributed by atoms with Gasteiger partial charge in [-0.1, -0.05) is 0 Å². The molecule has 0 radical (unpaired) electrons. The number of rotatable bonds is 1. The van der Waals surface area contributed by atoms with Crippen LogP contribution in [0.25, 0.3) is 0 Å². The van der Waals surface area contributed by atoms with Crippen molar-refractivity contribution in [3.63, 3.8) is 0 Å². The molecule has 2 unspecified atom stereocenters. The lowest BCUT2D eigenvalue weighted by atomic mass is 10.6. The topological polar surface area (TPSA) is 37.1 Å². The van der Waals surface area contributed by atoms with E-state index < -0.39 is 0 Å². The van der Waals surface area contributed by atoms with E-state index in [0.717, 1.165) is 13.0 Å². The lowest BCUT2D eigenvalue weighted by Gasteiger charge is -1.78. The van der Waals surface area contributed by atoms with E-state index in [4.69, 9.17) is 4.57 Å². The van der Waals surface area contributed by atoms with E-state index in [9.17, 15) is 4.79 Å². The third-order valence-corrected chi connectivity index (χ3v) is 1.04. The molecule has 1 aliphatic heterocycles. The van der Waals surface area contributed by atoms with Crippen LogP contribution >= 0.6 is 9.12 Å². The summed E-state index contributed by atoms with van der Waals surface area (Å²) in [4.78, 5) is 11.4. The van der Waals surface area contributed by atoms with E-state index in [0.29, 0.717) is 15.2 Å². The molecule has 1 rings (SSSR count). The first-order chi connectivity index (χ1) is 3.84. The van der Waals surface area contributed by atoms with Crippen LogP contribution in [0.2, 0.25) is 0 Å². The van der Waals surface area contributed by atoms with Crippen molar-refractivity contribution in [1.29, 1.82) is 0 Å². The molecule has 0 aromatic rings. The summed E-state index contributed by atoms with van der Waals surface area (Å²) in [5.74, 6) is 0. The fraction of sp³-hybridized carbons (Fsp3) is 0.750. The van der Waals surface area contributed by atoms with E-state index in [1.807, 2.05) is 6.92 Å². The number of carbonyl (C=O) groups excluding carboxylic acids is 1. The average Bonchev–Trinajstić information content (AvgIpc) is 2.52. The van der Waals surface area contributed by atoms with E-state index in [1.165, 1.54) is 0 Å². The molecule has 48 valence electrons. The third kappa shape index (κ3) is 2.12. The molecule has 0 aliphatic carbocycles. The molecule has 0 saturated carbocycles. The zero-order chi connectivity index (χ0) is 6.57. The van der Waals surface area contributed by atoms with Crippen molar-refractivity contribution in [2.24, 2.45) is 0 Å². The molecule has 1 aliphatic rings. The van der Waals surface area contributed by atoms with Gasteiger partial charge in [-0.2, -0.15) is 0 Å². The summed E-state index contributed by atoms with van der Waals surface area (Å²) in [6.07, 6.45) is 0.880. The van der Waals surface area contributed by atoms with Crippen molar-refractivity contribution in [3.8, 4) is 0 Å². The van der Waals surface area contributed by atoms with Gasteiger partial charge < -0.3 is 9.46 Å². The minimum atomic E-state index is 0.530. The van der Waals surface area contributed by atoms with Crippen LogP contribution in [0, 0.1) is 0 Å². The molecular formula is C4H10NO2P. The second-order valence-electron chi connectivity index (χ2n) is 1.65. The fourth-order valence-corrected chi connectivity index (χ4v) is 0.405. The molecule has 0 spiro atoms. The van der Waals surface area contributed by atoms with Gasteiger partial charge >= 0.3 is 0 Å². The second-order valence-corrected chi connectivity index (χ2v) is 1.65. The van der Waals surface area contributed by atoms with Gasteiger partial charge in [0.2, 0.25) is 6.41 Å². The van der Waals surface area contributed by atoms with Crippen molar-refractivity contribution in [2.75, 3.05) is 6.54 Å². The highest BCUT2D eigenvalue weighted by atomic mass is 31.0. The highest BCUT2D eigenvalue weighted by Crippen LogP contribution is 2.10. The fourth-order valence-electron chi connectivity index (χ4n) is 0.405. The summed E-state index contributed by atoms with van der Waals surface area (Å²) in [6.45, 7) is 2.98. The summed E-state index contributed by atoms with van der Waals surface area (Å²) in [5.41, 5.74) is 0. The van der Waals surface area contributed by atoms with Crippen LogP contribution in [0.4, 0.5) is 0 Å². The van der Waals surface area contributed by atoms with Gasteiger partial charge in [-0.05, 0) is 6.92 Å². The molecule has 0 N–H and O–H groups in total. The van der Waals surface area contributed by atoms with Gasteiger partial charge in [0, 0.05) is 12.6 Å². The van der Waals surface area contributed by atoms with Crippen molar-refractivity contribution in [3.05, 3.63) is 0 Å². The lowest BCUT2D eigenvalue weighted by Crippen LogP contribution is -1.91. The van der Waals surface area contributed by atoms with Gasteiger partial charge in [0.25, 0.3) is 0 Å². The monoisotopic (exact) mass is 135 g/mol. The number of carbonyl (C=O) groups is 1. The lowest BCUT2D eigenvalue weighted by molar-refractivity contribution is -0.113. The first-order valence-corrected chi connectivity index (χ1v) is 2.92. The summed E-state index contributed by atoms with van der Waals surface area (Å²) in [5, 5.41) is 0. The standard InChI is InChI=1S/C4H7NO.H3OP/c1-4-2-5(4)3-6;1-2/h3-4H,2H2,1H3;2H3. The van der Waals surface area contributed by atoms with Crippen molar-refractivity contribution in [1.82, 2.24) is 4.90 Å². The Balaban J connectivity index is 0.000000222. The van der Waals surface area contributed by atoms with Crippen LogP contribution in [-0.4, -0.2) is 23.9 Å². The van der Waals surface area contributed by atoms with E-state index >= 15 is 0 Å². The Bertz CT molecular complexity index is 88.1. The number of nitrogens with zero attached hydrogens (tertiary/aromatic N) is 1. The minimum Gasteiger partial charge on any atom is -0.339 e. The first kappa shape index (κ1) is 7.70. The van der Waals surface area contributed by atoms with Crippen molar-refractivity contribution >= 4 is 15.5 Å². The first-order valence-electron chi connectivity index (χ1n) is 2.34. The molecule has 0 bridgehead atoms. The highest BCUT2D eigenvalue weighted by Gasteiger charge is 2.25. The highest BCUT2D eigenvalue weighted by molar-refractivity contribution is 7.00. The maximum Gasteiger partial charge on any atom is 0.210 e. The van der Waals surface area contributed by atoms with Gasteiger partial charge in [-0.15, -0.1) is 0 Å². The summed E-state index contributed by atoms with van der Waals surface area (Å²) in [7, 11) is 0.611. The van der Waals surface area contributed by atoms with Crippen LogP contribution in [-0.2, 0) is 9.36 Å². The molecule has 1 amide bonds. The van der Waals surface area contributed by atoms with Crippen LogP contribution in [0.15, 0.2) is 0 Å². The smallest absolute Gasteiger partial charge is 0.210 e. The van der Waals surface area contributed by atoms with Crippen LogP contribution < -0.4 is 0 Å². The number of hydrogen-bond donors (Lipinski definition) is 0. The van der Waals surface area contributed by atoms with Gasteiger partial charge in [0.05, 0.1) is 9.12 Å². The zero-order valence-electron chi connectivity index (χ0n) is 4.83. The SMILES string of the molecule is CC1CN1C=O.O=[PH3]. The quantitative estimate of drug-likeness (QED) is 0.283. The largest absolute Gasteiger partial charge is 0.339 e. The normalized spacial score (nSPS) is 23.6. The molecule has 1 heterocycles. The summed E-state index contributed by atoms with van der Waals surface area (Å²) in [6, 6.07) is 0.530. The molecule has 1 saturated heterocycles. The predicted molar refractivity (Wildman–Crippen MR) is 34.0 cm³/mol. The van der Waals surface area contributed by atoms with Gasteiger partial charge in [0.15, 0.2) is 0 Å². The Morgan fingerprint density at radius 2 is 2.12 bits per heavy atom. The Labute approximate surface area is 50.3 Å². The summed E-state index contributed by atoms with van der Waals surface area (Å²) < 4.78 is 8.28.